The molecule has 0 saturated heterocycles. The first-order chi connectivity index (χ1) is 13.9. The Bertz CT molecular complexity index is 1100. The number of methoxy groups -OCH3 is 1. The number of amides is 2. The van der Waals surface area contributed by atoms with Crippen LogP contribution >= 0.6 is 12.2 Å². The molecule has 150 valence electrons. The number of aryl methyl sites for hydroxylation is 1. The summed E-state index contributed by atoms with van der Waals surface area (Å²) in [6.07, 6.45) is 0. The summed E-state index contributed by atoms with van der Waals surface area (Å²) < 4.78 is 7.26. The van der Waals surface area contributed by atoms with Gasteiger partial charge in [0.15, 0.2) is 10.6 Å². The molecule has 1 heterocycles. The molecule has 3 rings (SSSR count). The normalized spacial score (nSPS) is 10.4. The fourth-order valence-corrected chi connectivity index (χ4v) is 3.00. The van der Waals surface area contributed by atoms with Gasteiger partial charge in [0.25, 0.3) is 0 Å². The number of hydrogen-bond acceptors (Lipinski definition) is 5. The van der Waals surface area contributed by atoms with Crippen LogP contribution in [0, 0.1) is 11.7 Å². The van der Waals surface area contributed by atoms with Gasteiger partial charge in [0.1, 0.15) is 12.3 Å². The van der Waals surface area contributed by atoms with Crippen molar-refractivity contribution >= 4 is 35.4 Å². The molecule has 2 aromatic carbocycles. The summed E-state index contributed by atoms with van der Waals surface area (Å²) >= 11 is 5.29. The monoisotopic (exact) mass is 411 g/mol. The molecule has 2 amide bonds. The van der Waals surface area contributed by atoms with Crippen molar-refractivity contribution in [3.63, 3.8) is 0 Å². The van der Waals surface area contributed by atoms with Gasteiger partial charge in [-0.15, -0.1) is 0 Å². The fraction of sp³-hybridized carbons (Fsp3) is 0.200. The van der Waals surface area contributed by atoms with Gasteiger partial charge in [-0.2, -0.15) is 5.10 Å². The van der Waals surface area contributed by atoms with Crippen LogP contribution in [0.25, 0.3) is 11.4 Å². The summed E-state index contributed by atoms with van der Waals surface area (Å²) in [5, 5.41) is 12.5. The Morgan fingerprint density at radius 2 is 1.90 bits per heavy atom. The largest absolute Gasteiger partial charge is 0.495 e. The minimum atomic E-state index is -0.311. The van der Waals surface area contributed by atoms with Crippen LogP contribution in [0.2, 0.25) is 0 Å². The quantitative estimate of drug-likeness (QED) is 0.539. The number of rotatable bonds is 6. The Morgan fingerprint density at radius 3 is 2.55 bits per heavy atom. The second-order valence-electron chi connectivity index (χ2n) is 6.45. The molecular formula is C20H21N5O3S. The maximum atomic E-state index is 12.7. The van der Waals surface area contributed by atoms with Crippen LogP contribution in [0.1, 0.15) is 12.5 Å². The Hall–Kier alpha value is -3.46. The van der Waals surface area contributed by atoms with E-state index in [9.17, 15) is 9.59 Å². The summed E-state index contributed by atoms with van der Waals surface area (Å²) in [4.78, 5) is 24.0. The zero-order valence-corrected chi connectivity index (χ0v) is 17.1. The Kier molecular flexibility index (Phi) is 6.08. The average molecular weight is 411 g/mol. The number of anilines is 2. The summed E-state index contributed by atoms with van der Waals surface area (Å²) in [5.41, 5.74) is 2.96. The third-order valence-corrected chi connectivity index (χ3v) is 4.48. The van der Waals surface area contributed by atoms with Crippen LogP contribution in [0.15, 0.2) is 42.5 Å². The summed E-state index contributed by atoms with van der Waals surface area (Å²) in [6, 6.07) is 12.8. The van der Waals surface area contributed by atoms with Crippen LogP contribution in [0.5, 0.6) is 5.75 Å². The number of aromatic nitrogens is 3. The van der Waals surface area contributed by atoms with Crippen molar-refractivity contribution in [2.75, 3.05) is 17.7 Å². The van der Waals surface area contributed by atoms with E-state index < -0.39 is 0 Å². The van der Waals surface area contributed by atoms with Gasteiger partial charge < -0.3 is 15.4 Å². The SMILES string of the molecule is COc1ccc(NC(C)=O)cc1NC(=O)Cn1c(-c2ccc(C)cc2)n[nH]c1=S. The maximum absolute atomic E-state index is 12.7. The standard InChI is InChI=1S/C20H21N5O3S/c1-12-4-6-14(7-5-12)19-23-24-20(29)25(19)11-18(27)22-16-10-15(21-13(2)26)8-9-17(16)28-3/h4-10H,11H2,1-3H3,(H,21,26)(H,22,27)(H,24,29). The Morgan fingerprint density at radius 1 is 1.17 bits per heavy atom. The van der Waals surface area contributed by atoms with Crippen LogP contribution in [-0.2, 0) is 16.1 Å². The number of ether oxygens (including phenoxy) is 1. The molecule has 0 spiro atoms. The zero-order valence-electron chi connectivity index (χ0n) is 16.3. The third-order valence-electron chi connectivity index (χ3n) is 4.16. The first kappa shape index (κ1) is 20.3. The molecule has 0 atom stereocenters. The molecular weight excluding hydrogens is 390 g/mol. The number of nitrogens with one attached hydrogen (secondary N) is 3. The summed E-state index contributed by atoms with van der Waals surface area (Å²) in [5.74, 6) is 0.528. The van der Waals surface area contributed by atoms with Gasteiger partial charge in [0, 0.05) is 18.2 Å². The molecule has 0 radical (unpaired) electrons. The second-order valence-corrected chi connectivity index (χ2v) is 6.84. The second kappa shape index (κ2) is 8.70. The Labute approximate surface area is 172 Å². The van der Waals surface area contributed by atoms with E-state index in [0.29, 0.717) is 27.7 Å². The van der Waals surface area contributed by atoms with Gasteiger partial charge >= 0.3 is 0 Å². The number of H-pyrrole nitrogens is 1. The molecule has 0 aliphatic heterocycles. The molecule has 8 nitrogen and oxygen atoms in total. The molecule has 0 saturated carbocycles. The minimum Gasteiger partial charge on any atom is -0.495 e. The van der Waals surface area contributed by atoms with E-state index in [-0.39, 0.29) is 18.4 Å². The van der Waals surface area contributed by atoms with Crippen molar-refractivity contribution in [2.24, 2.45) is 0 Å². The van der Waals surface area contributed by atoms with Gasteiger partial charge in [-0.05, 0) is 37.3 Å². The first-order valence-corrected chi connectivity index (χ1v) is 9.26. The van der Waals surface area contributed by atoms with Crippen LogP contribution < -0.4 is 15.4 Å². The molecule has 3 N–H and O–H groups in total. The van der Waals surface area contributed by atoms with Crippen molar-refractivity contribution < 1.29 is 14.3 Å². The van der Waals surface area contributed by atoms with E-state index in [2.05, 4.69) is 20.8 Å². The van der Waals surface area contributed by atoms with E-state index in [0.717, 1.165) is 11.1 Å². The highest BCUT2D eigenvalue weighted by molar-refractivity contribution is 7.71. The predicted octanol–water partition coefficient (Wildman–Crippen LogP) is 3.52. The fourth-order valence-electron chi connectivity index (χ4n) is 2.81. The summed E-state index contributed by atoms with van der Waals surface area (Å²) in [7, 11) is 1.50. The number of nitrogens with zero attached hydrogens (tertiary/aromatic N) is 2. The lowest BCUT2D eigenvalue weighted by atomic mass is 10.1. The smallest absolute Gasteiger partial charge is 0.244 e. The van der Waals surface area contributed by atoms with E-state index in [1.165, 1.54) is 14.0 Å². The molecule has 9 heteroatoms. The van der Waals surface area contributed by atoms with Gasteiger partial charge in [-0.3, -0.25) is 19.3 Å². The lowest BCUT2D eigenvalue weighted by Crippen LogP contribution is -2.20. The lowest BCUT2D eigenvalue weighted by molar-refractivity contribution is -0.117. The number of carbonyl (C=O) groups excluding carboxylic acids is 2. The van der Waals surface area contributed by atoms with Crippen molar-refractivity contribution in [3.8, 4) is 17.1 Å². The third kappa shape index (κ3) is 4.88. The topological polar surface area (TPSA) is 101 Å². The van der Waals surface area contributed by atoms with E-state index >= 15 is 0 Å². The van der Waals surface area contributed by atoms with Crippen molar-refractivity contribution in [2.45, 2.75) is 20.4 Å². The molecule has 0 bridgehead atoms. The molecule has 0 unspecified atom stereocenters. The predicted molar refractivity (Wildman–Crippen MR) is 114 cm³/mol. The van der Waals surface area contributed by atoms with Crippen molar-refractivity contribution in [1.29, 1.82) is 0 Å². The van der Waals surface area contributed by atoms with Gasteiger partial charge in [-0.1, -0.05) is 29.8 Å². The number of aromatic amines is 1. The first-order valence-electron chi connectivity index (χ1n) is 8.85. The lowest BCUT2D eigenvalue weighted by Gasteiger charge is -2.13. The summed E-state index contributed by atoms with van der Waals surface area (Å²) in [6.45, 7) is 3.37. The van der Waals surface area contributed by atoms with Crippen LogP contribution in [-0.4, -0.2) is 33.7 Å². The van der Waals surface area contributed by atoms with Gasteiger partial charge in [0.05, 0.1) is 12.8 Å². The number of carbonyl (C=O) groups is 2. The molecule has 1 aromatic heterocycles. The van der Waals surface area contributed by atoms with Crippen LogP contribution in [0.4, 0.5) is 11.4 Å². The van der Waals surface area contributed by atoms with Crippen LogP contribution in [0.3, 0.4) is 0 Å². The van der Waals surface area contributed by atoms with Gasteiger partial charge in [-0.25, -0.2) is 0 Å². The molecule has 29 heavy (non-hydrogen) atoms. The van der Waals surface area contributed by atoms with Crippen molar-refractivity contribution in [3.05, 3.63) is 52.8 Å². The molecule has 0 fully saturated rings. The van der Waals surface area contributed by atoms with E-state index in [1.54, 1.807) is 22.8 Å². The average Bonchev–Trinajstić information content (AvgIpc) is 3.02. The molecule has 3 aromatic rings. The van der Waals surface area contributed by atoms with E-state index in [4.69, 9.17) is 17.0 Å². The van der Waals surface area contributed by atoms with Crippen molar-refractivity contribution in [1.82, 2.24) is 14.8 Å². The molecule has 0 aliphatic rings. The van der Waals surface area contributed by atoms with Gasteiger partial charge in [0.2, 0.25) is 11.8 Å². The van der Waals surface area contributed by atoms with E-state index in [1.807, 2.05) is 31.2 Å². The minimum absolute atomic E-state index is 0.0357. The molecule has 0 aliphatic carbocycles. The zero-order chi connectivity index (χ0) is 21.0. The Balaban J connectivity index is 1.83. The maximum Gasteiger partial charge on any atom is 0.244 e. The highest BCUT2D eigenvalue weighted by Gasteiger charge is 2.14. The number of hydrogen-bond donors (Lipinski definition) is 3. The highest BCUT2D eigenvalue weighted by atomic mass is 32.1. The highest BCUT2D eigenvalue weighted by Crippen LogP contribution is 2.28. The number of benzene rings is 2.